The summed E-state index contributed by atoms with van der Waals surface area (Å²) < 4.78 is 5.78. The molecule has 22 heavy (non-hydrogen) atoms. The van der Waals surface area contributed by atoms with E-state index in [1.807, 2.05) is 19.1 Å². The van der Waals surface area contributed by atoms with Gasteiger partial charge in [0, 0.05) is 11.6 Å². The highest BCUT2D eigenvalue weighted by atomic mass is 16.5. The number of aromatic hydroxyl groups is 2. The quantitative estimate of drug-likeness (QED) is 0.556. The van der Waals surface area contributed by atoms with Gasteiger partial charge >= 0.3 is 0 Å². The fraction of sp³-hybridized carbons (Fsp3) is 0.0625. The number of nitrogen functional groups attached to an aromatic ring is 1. The molecule has 2 aromatic carbocycles. The van der Waals surface area contributed by atoms with Crippen LogP contribution in [-0.4, -0.2) is 20.4 Å². The summed E-state index contributed by atoms with van der Waals surface area (Å²) in [5, 5.41) is 26.0. The zero-order valence-electron chi connectivity index (χ0n) is 11.9. The third-order valence-corrected chi connectivity index (χ3v) is 3.24. The average molecular weight is 297 g/mol. The molecule has 0 aliphatic heterocycles. The Morgan fingerprint density at radius 1 is 1.09 bits per heavy atom. The van der Waals surface area contributed by atoms with Gasteiger partial charge in [-0.05, 0) is 36.8 Å². The second-order valence-corrected chi connectivity index (χ2v) is 4.95. The Kier molecular flexibility index (Phi) is 3.34. The van der Waals surface area contributed by atoms with Gasteiger partial charge in [0.15, 0.2) is 11.5 Å². The first-order valence-corrected chi connectivity index (χ1v) is 6.64. The van der Waals surface area contributed by atoms with Gasteiger partial charge in [-0.2, -0.15) is 5.10 Å². The molecule has 0 spiro atoms. The molecule has 6 heteroatoms. The molecule has 5 N–H and O–H groups in total. The molecule has 1 aromatic heterocycles. The van der Waals surface area contributed by atoms with Gasteiger partial charge in [-0.3, -0.25) is 5.10 Å². The number of phenolic OH excluding ortho intramolecular Hbond substituents is 2. The second kappa shape index (κ2) is 5.33. The lowest BCUT2D eigenvalue weighted by molar-refractivity contribution is 0.450. The summed E-state index contributed by atoms with van der Waals surface area (Å²) in [6, 6.07) is 9.78. The van der Waals surface area contributed by atoms with E-state index in [-0.39, 0.29) is 11.5 Å². The van der Waals surface area contributed by atoms with Gasteiger partial charge in [0.1, 0.15) is 17.2 Å². The molecule has 0 bridgehead atoms. The number of hydrogen-bond donors (Lipinski definition) is 4. The Morgan fingerprint density at radius 3 is 2.64 bits per heavy atom. The zero-order chi connectivity index (χ0) is 15.7. The van der Waals surface area contributed by atoms with E-state index in [2.05, 4.69) is 10.2 Å². The van der Waals surface area contributed by atoms with Crippen LogP contribution in [0.1, 0.15) is 5.56 Å². The van der Waals surface area contributed by atoms with Gasteiger partial charge in [0.25, 0.3) is 0 Å². The molecule has 0 amide bonds. The molecule has 0 saturated heterocycles. The minimum absolute atomic E-state index is 0.0222. The summed E-state index contributed by atoms with van der Waals surface area (Å²) in [6.07, 6.45) is 1.50. The van der Waals surface area contributed by atoms with Crippen molar-refractivity contribution < 1.29 is 14.9 Å². The Hall–Kier alpha value is -3.15. The number of benzene rings is 2. The molecular weight excluding hydrogens is 282 g/mol. The van der Waals surface area contributed by atoms with E-state index in [4.69, 9.17) is 10.5 Å². The van der Waals surface area contributed by atoms with E-state index in [1.165, 1.54) is 18.3 Å². The van der Waals surface area contributed by atoms with E-state index in [0.717, 1.165) is 5.56 Å². The molecular formula is C16H15N3O3. The van der Waals surface area contributed by atoms with Crippen LogP contribution in [0, 0.1) is 6.92 Å². The number of nitrogens with two attached hydrogens (primary N) is 1. The van der Waals surface area contributed by atoms with Gasteiger partial charge in [-0.15, -0.1) is 0 Å². The Bertz CT molecular complexity index is 827. The molecule has 3 aromatic rings. The van der Waals surface area contributed by atoms with E-state index >= 15 is 0 Å². The highest BCUT2D eigenvalue weighted by molar-refractivity contribution is 5.73. The number of phenols is 2. The minimum atomic E-state index is -0.0778. The third kappa shape index (κ3) is 2.54. The van der Waals surface area contributed by atoms with Gasteiger partial charge in [0.05, 0.1) is 11.9 Å². The Balaban J connectivity index is 1.98. The number of H-pyrrole nitrogens is 1. The van der Waals surface area contributed by atoms with E-state index in [9.17, 15) is 10.2 Å². The van der Waals surface area contributed by atoms with Crippen LogP contribution in [0.4, 0.5) is 5.69 Å². The number of aromatic amines is 1. The Labute approximate surface area is 126 Å². The molecule has 0 radical (unpaired) electrons. The van der Waals surface area contributed by atoms with Crippen molar-refractivity contribution in [1.82, 2.24) is 10.2 Å². The summed E-state index contributed by atoms with van der Waals surface area (Å²) in [7, 11) is 0. The number of rotatable bonds is 3. The van der Waals surface area contributed by atoms with Crippen LogP contribution >= 0.6 is 0 Å². The molecule has 112 valence electrons. The average Bonchev–Trinajstić information content (AvgIpc) is 2.90. The van der Waals surface area contributed by atoms with Crippen LogP contribution in [-0.2, 0) is 0 Å². The zero-order valence-corrected chi connectivity index (χ0v) is 11.9. The molecule has 0 aliphatic carbocycles. The van der Waals surface area contributed by atoms with Gasteiger partial charge in [0.2, 0.25) is 0 Å². The largest absolute Gasteiger partial charge is 0.508 e. The summed E-state index contributed by atoms with van der Waals surface area (Å²) >= 11 is 0. The van der Waals surface area contributed by atoms with Crippen molar-refractivity contribution in [3.05, 3.63) is 48.2 Å². The smallest absolute Gasteiger partial charge is 0.173 e. The SMILES string of the molecule is Cc1ccc(Oc2cn[nH]c2-c2ccc(O)cc2O)c(N)c1. The summed E-state index contributed by atoms with van der Waals surface area (Å²) in [4.78, 5) is 0. The topological polar surface area (TPSA) is 104 Å². The number of nitrogens with one attached hydrogen (secondary N) is 1. The van der Waals surface area contributed by atoms with Crippen molar-refractivity contribution in [2.45, 2.75) is 6.92 Å². The van der Waals surface area contributed by atoms with E-state index in [1.54, 1.807) is 12.1 Å². The van der Waals surface area contributed by atoms with Gasteiger partial charge in [-0.1, -0.05) is 6.07 Å². The third-order valence-electron chi connectivity index (χ3n) is 3.24. The highest BCUT2D eigenvalue weighted by Gasteiger charge is 2.15. The van der Waals surface area contributed by atoms with Crippen molar-refractivity contribution in [1.29, 1.82) is 0 Å². The fourth-order valence-electron chi connectivity index (χ4n) is 2.16. The normalized spacial score (nSPS) is 10.6. The lowest BCUT2D eigenvalue weighted by Gasteiger charge is -2.10. The first-order valence-electron chi connectivity index (χ1n) is 6.64. The number of aromatic nitrogens is 2. The first kappa shape index (κ1) is 13.8. The van der Waals surface area contributed by atoms with Crippen LogP contribution in [0.5, 0.6) is 23.0 Å². The predicted molar refractivity (Wildman–Crippen MR) is 83.0 cm³/mol. The van der Waals surface area contributed by atoms with Crippen molar-refractivity contribution in [3.8, 4) is 34.3 Å². The van der Waals surface area contributed by atoms with E-state index < -0.39 is 0 Å². The first-order chi connectivity index (χ1) is 10.5. The standard InChI is InChI=1S/C16H15N3O3/c1-9-2-5-14(12(17)6-9)22-15-8-18-19-16(15)11-4-3-10(20)7-13(11)21/h2-8,20-21H,17H2,1H3,(H,18,19). The molecule has 0 unspecified atom stereocenters. The molecule has 0 atom stereocenters. The van der Waals surface area contributed by atoms with Gasteiger partial charge < -0.3 is 20.7 Å². The van der Waals surface area contributed by atoms with Crippen molar-refractivity contribution >= 4 is 5.69 Å². The van der Waals surface area contributed by atoms with Crippen LogP contribution in [0.2, 0.25) is 0 Å². The molecule has 3 rings (SSSR count). The Morgan fingerprint density at radius 2 is 1.91 bits per heavy atom. The van der Waals surface area contributed by atoms with Crippen molar-refractivity contribution in [3.63, 3.8) is 0 Å². The lowest BCUT2D eigenvalue weighted by Crippen LogP contribution is -1.93. The van der Waals surface area contributed by atoms with Crippen molar-refractivity contribution in [2.24, 2.45) is 0 Å². The second-order valence-electron chi connectivity index (χ2n) is 4.95. The maximum Gasteiger partial charge on any atom is 0.173 e. The highest BCUT2D eigenvalue weighted by Crippen LogP contribution is 2.38. The van der Waals surface area contributed by atoms with Gasteiger partial charge in [-0.25, -0.2) is 0 Å². The maximum absolute atomic E-state index is 9.96. The molecule has 0 saturated carbocycles. The van der Waals surface area contributed by atoms with Crippen LogP contribution in [0.15, 0.2) is 42.6 Å². The van der Waals surface area contributed by atoms with Crippen LogP contribution < -0.4 is 10.5 Å². The summed E-state index contributed by atoms with van der Waals surface area (Å²) in [5.41, 5.74) is 8.46. The molecule has 1 heterocycles. The maximum atomic E-state index is 9.96. The minimum Gasteiger partial charge on any atom is -0.508 e. The lowest BCUT2D eigenvalue weighted by atomic mass is 10.1. The molecule has 6 nitrogen and oxygen atoms in total. The van der Waals surface area contributed by atoms with Crippen LogP contribution in [0.25, 0.3) is 11.3 Å². The monoisotopic (exact) mass is 297 g/mol. The summed E-state index contributed by atoms with van der Waals surface area (Å²) in [5.74, 6) is 0.833. The molecule has 0 fully saturated rings. The number of anilines is 1. The summed E-state index contributed by atoms with van der Waals surface area (Å²) in [6.45, 7) is 1.94. The molecule has 0 aliphatic rings. The number of hydrogen-bond acceptors (Lipinski definition) is 5. The van der Waals surface area contributed by atoms with Crippen molar-refractivity contribution in [2.75, 3.05) is 5.73 Å². The van der Waals surface area contributed by atoms with Crippen LogP contribution in [0.3, 0.4) is 0 Å². The number of nitrogens with zero attached hydrogens (tertiary/aromatic N) is 1. The fourth-order valence-corrected chi connectivity index (χ4v) is 2.16. The predicted octanol–water partition coefficient (Wildman–Crippen LogP) is 3.17. The van der Waals surface area contributed by atoms with E-state index in [0.29, 0.717) is 28.4 Å². The number of aryl methyl sites for hydroxylation is 1. The number of ether oxygens (including phenoxy) is 1.